The van der Waals surface area contributed by atoms with Gasteiger partial charge in [-0.3, -0.25) is 4.79 Å². The third-order valence-corrected chi connectivity index (χ3v) is 8.64. The quantitative estimate of drug-likeness (QED) is 0.224. The molecule has 10 nitrogen and oxygen atoms in total. The number of rotatable bonds is 6. The second-order valence-electron chi connectivity index (χ2n) is 10.3. The molecular weight excluding hydrogens is 600 g/mol. The monoisotopic (exact) mass is 620 g/mol. The first-order valence-corrected chi connectivity index (χ1v) is 14.1. The van der Waals surface area contributed by atoms with E-state index in [1.165, 1.54) is 24.5 Å². The molecule has 1 aliphatic carbocycles. The van der Waals surface area contributed by atoms with E-state index < -0.39 is 29.5 Å². The number of nitrogens with one attached hydrogen (secondary N) is 2. The normalized spacial score (nSPS) is 17.3. The number of hydrogen-bond donors (Lipinski definition) is 2. The lowest BCUT2D eigenvalue weighted by atomic mass is 10.0. The number of amides is 1. The summed E-state index contributed by atoms with van der Waals surface area (Å²) in [7, 11) is 0. The maximum Gasteiger partial charge on any atom is 0.400 e. The van der Waals surface area contributed by atoms with Crippen molar-refractivity contribution in [2.24, 2.45) is 4.99 Å². The Morgan fingerprint density at radius 2 is 1.77 bits per heavy atom. The molecule has 7 rings (SSSR count). The van der Waals surface area contributed by atoms with E-state index in [4.69, 9.17) is 4.42 Å². The fourth-order valence-electron chi connectivity index (χ4n) is 4.83. The van der Waals surface area contributed by atoms with Gasteiger partial charge in [0.1, 0.15) is 27.8 Å². The number of thiazole rings is 1. The van der Waals surface area contributed by atoms with Crippen molar-refractivity contribution >= 4 is 34.7 Å². The minimum absolute atomic E-state index is 0.0294. The highest BCUT2D eigenvalue weighted by Crippen LogP contribution is 2.61. The Balaban J connectivity index is 1.26. The number of nitrogens with zero attached hydrogens (tertiary/aromatic N) is 6. The van der Waals surface area contributed by atoms with Crippen molar-refractivity contribution in [2.45, 2.75) is 37.5 Å². The van der Waals surface area contributed by atoms with Crippen LogP contribution in [0.5, 0.6) is 0 Å². The number of aromatic nitrogens is 5. The summed E-state index contributed by atoms with van der Waals surface area (Å²) in [6, 6.07) is 13.1. The fraction of sp³-hybridized carbons (Fsp3) is 0.207. The number of fused-ring (bicyclic) bond motifs is 1. The van der Waals surface area contributed by atoms with E-state index in [2.05, 4.69) is 40.8 Å². The summed E-state index contributed by atoms with van der Waals surface area (Å²) < 4.78 is 62.6. The van der Waals surface area contributed by atoms with Gasteiger partial charge in [-0.15, -0.1) is 16.4 Å². The number of para-hydroxylation sites is 1. The van der Waals surface area contributed by atoms with Gasteiger partial charge < -0.3 is 15.1 Å². The van der Waals surface area contributed by atoms with Gasteiger partial charge in [-0.05, 0) is 25.8 Å². The number of anilines is 2. The number of benzene rings is 2. The van der Waals surface area contributed by atoms with Gasteiger partial charge in [0.15, 0.2) is 0 Å². The zero-order chi connectivity index (χ0) is 30.6. The average molecular weight is 621 g/mol. The van der Waals surface area contributed by atoms with E-state index in [1.54, 1.807) is 37.3 Å². The van der Waals surface area contributed by atoms with Crippen molar-refractivity contribution in [1.82, 2.24) is 25.1 Å². The van der Waals surface area contributed by atoms with Crippen LogP contribution in [0.2, 0.25) is 0 Å². The highest BCUT2D eigenvalue weighted by Gasteiger charge is 2.66. The molecule has 2 aliphatic rings. The minimum atomic E-state index is -4.48. The van der Waals surface area contributed by atoms with Crippen LogP contribution in [-0.2, 0) is 10.2 Å². The molecule has 0 saturated heterocycles. The molecule has 1 saturated carbocycles. The highest BCUT2D eigenvalue weighted by molar-refractivity contribution is 7.15. The SMILES string of the molecule is Cc1ncc(-c2sc(C3(C(F)(F)F)CC3)nc2-c2nnc(N[C@@H]3N=C(c4ccccc4)c4cccc(F)c4NC3=O)o2)cn1. The summed E-state index contributed by atoms with van der Waals surface area (Å²) in [5.74, 6) is -1.03. The molecule has 1 atom stereocenters. The number of carbonyl (C=O) groups excluding carboxylic acids is 1. The van der Waals surface area contributed by atoms with Crippen LogP contribution in [0.1, 0.15) is 34.8 Å². The van der Waals surface area contributed by atoms with Gasteiger partial charge in [0.2, 0.25) is 6.17 Å². The Morgan fingerprint density at radius 1 is 1.02 bits per heavy atom. The molecule has 3 aromatic heterocycles. The molecule has 4 heterocycles. The molecule has 0 spiro atoms. The molecule has 0 radical (unpaired) electrons. The van der Waals surface area contributed by atoms with Gasteiger partial charge in [-0.1, -0.05) is 47.6 Å². The lowest BCUT2D eigenvalue weighted by Gasteiger charge is -2.15. The number of halogens is 4. The van der Waals surface area contributed by atoms with Gasteiger partial charge >= 0.3 is 12.2 Å². The first kappa shape index (κ1) is 27.8. The zero-order valence-corrected chi connectivity index (χ0v) is 23.5. The molecule has 5 aromatic rings. The van der Waals surface area contributed by atoms with E-state index in [-0.39, 0.29) is 41.1 Å². The Labute approximate surface area is 250 Å². The Kier molecular flexibility index (Phi) is 6.49. The minimum Gasteiger partial charge on any atom is -0.402 e. The number of carbonyl (C=O) groups is 1. The van der Waals surface area contributed by atoms with E-state index in [1.807, 2.05) is 6.07 Å². The van der Waals surface area contributed by atoms with Crippen molar-refractivity contribution in [3.05, 3.63) is 88.7 Å². The van der Waals surface area contributed by atoms with Crippen LogP contribution in [0.3, 0.4) is 0 Å². The molecule has 15 heteroatoms. The summed E-state index contributed by atoms with van der Waals surface area (Å²) in [5.41, 5.74) is -0.270. The molecular formula is C29H20F4N8O2S. The van der Waals surface area contributed by atoms with Crippen LogP contribution < -0.4 is 10.6 Å². The Hall–Kier alpha value is -5.05. The zero-order valence-electron chi connectivity index (χ0n) is 22.7. The van der Waals surface area contributed by atoms with Crippen LogP contribution in [0, 0.1) is 12.7 Å². The standard InChI is InChI=1S/C29H20F4N8O2S/c1-14-34-12-16(13-35-14)22-21(38-26(44-22)28(10-11-28)29(31,32)33)25-40-41-27(43-25)39-23-24(42)37-20-17(8-5-9-18(20)30)19(36-23)15-6-3-2-4-7-15/h2-9,12-13,23H,10-11H2,1H3,(H,37,42)(H,39,41)/t23-/m0/s1. The van der Waals surface area contributed by atoms with Crippen LogP contribution in [-0.4, -0.2) is 49.1 Å². The first-order valence-electron chi connectivity index (χ1n) is 13.3. The van der Waals surface area contributed by atoms with E-state index in [0.29, 0.717) is 33.1 Å². The lowest BCUT2D eigenvalue weighted by Crippen LogP contribution is -2.32. The smallest absolute Gasteiger partial charge is 0.400 e. The Morgan fingerprint density at radius 3 is 2.48 bits per heavy atom. The van der Waals surface area contributed by atoms with Crippen molar-refractivity contribution in [1.29, 1.82) is 0 Å². The second-order valence-corrected chi connectivity index (χ2v) is 11.2. The average Bonchev–Trinajstić information content (AvgIpc) is 3.56. The van der Waals surface area contributed by atoms with Crippen LogP contribution in [0.4, 0.5) is 29.3 Å². The second kappa shape index (κ2) is 10.3. The first-order chi connectivity index (χ1) is 21.1. The number of aliphatic imine (C=N–C) groups is 1. The largest absolute Gasteiger partial charge is 0.402 e. The molecule has 44 heavy (non-hydrogen) atoms. The van der Waals surface area contributed by atoms with E-state index in [9.17, 15) is 22.4 Å². The molecule has 2 N–H and O–H groups in total. The summed E-state index contributed by atoms with van der Waals surface area (Å²) in [6.07, 6.45) is -3.00. The third kappa shape index (κ3) is 4.78. The van der Waals surface area contributed by atoms with E-state index in [0.717, 1.165) is 11.3 Å². The van der Waals surface area contributed by atoms with Gasteiger partial charge in [-0.25, -0.2) is 24.3 Å². The number of benzodiazepines with no additional fused rings is 1. The summed E-state index contributed by atoms with van der Waals surface area (Å²) in [6.45, 7) is 1.68. The van der Waals surface area contributed by atoms with Crippen LogP contribution >= 0.6 is 11.3 Å². The molecule has 2 aromatic carbocycles. The van der Waals surface area contributed by atoms with Crippen molar-refractivity contribution < 1.29 is 26.8 Å². The molecule has 222 valence electrons. The number of aryl methyl sites for hydroxylation is 1. The predicted octanol–water partition coefficient (Wildman–Crippen LogP) is 5.92. The van der Waals surface area contributed by atoms with Crippen LogP contribution in [0.15, 0.2) is 70.3 Å². The van der Waals surface area contributed by atoms with Gasteiger partial charge in [-0.2, -0.15) is 13.2 Å². The number of alkyl halides is 3. The van der Waals surface area contributed by atoms with Gasteiger partial charge in [0.05, 0.1) is 16.3 Å². The number of hydrogen-bond acceptors (Lipinski definition) is 10. The molecule has 1 aliphatic heterocycles. The third-order valence-electron chi connectivity index (χ3n) is 7.33. The summed E-state index contributed by atoms with van der Waals surface area (Å²) in [5, 5.41) is 13.2. The predicted molar refractivity (Wildman–Crippen MR) is 153 cm³/mol. The van der Waals surface area contributed by atoms with Gasteiger partial charge in [0.25, 0.3) is 11.8 Å². The van der Waals surface area contributed by atoms with E-state index >= 15 is 0 Å². The van der Waals surface area contributed by atoms with Crippen molar-refractivity contribution in [3.8, 4) is 22.0 Å². The molecule has 0 bridgehead atoms. The van der Waals surface area contributed by atoms with Gasteiger partial charge in [0, 0.05) is 29.1 Å². The van der Waals surface area contributed by atoms with Crippen LogP contribution in [0.25, 0.3) is 22.0 Å². The van der Waals surface area contributed by atoms with Crippen molar-refractivity contribution in [3.63, 3.8) is 0 Å². The lowest BCUT2D eigenvalue weighted by molar-refractivity contribution is -0.160. The molecule has 0 unspecified atom stereocenters. The highest BCUT2D eigenvalue weighted by atomic mass is 32.1. The fourth-order valence-corrected chi connectivity index (χ4v) is 6.13. The Bertz CT molecular complexity index is 1920. The molecule has 1 fully saturated rings. The molecule has 1 amide bonds. The maximum absolute atomic E-state index is 14.8. The maximum atomic E-state index is 14.8. The summed E-state index contributed by atoms with van der Waals surface area (Å²) >= 11 is 0.869. The topological polar surface area (TPSA) is 131 Å². The van der Waals surface area contributed by atoms with Crippen molar-refractivity contribution in [2.75, 3.05) is 10.6 Å². The summed E-state index contributed by atoms with van der Waals surface area (Å²) in [4.78, 5) is 30.8.